The molecular formula is C4H9N3O2S. The van der Waals surface area contributed by atoms with E-state index in [2.05, 4.69) is 17.9 Å². The van der Waals surface area contributed by atoms with Gasteiger partial charge in [0.05, 0.1) is 0 Å². The van der Waals surface area contributed by atoms with Crippen molar-refractivity contribution in [1.29, 1.82) is 0 Å². The molecule has 10 heavy (non-hydrogen) atoms. The third kappa shape index (κ3) is 3.18. The molecule has 0 radical (unpaired) electrons. The van der Waals surface area contributed by atoms with Gasteiger partial charge in [-0.1, -0.05) is 0 Å². The van der Waals surface area contributed by atoms with Gasteiger partial charge in [-0.3, -0.25) is 4.79 Å². The number of primary amides is 2. The van der Waals surface area contributed by atoms with Crippen molar-refractivity contribution in [3.63, 3.8) is 0 Å². The molecule has 0 fully saturated rings. The molecule has 0 aliphatic rings. The maximum absolute atomic E-state index is 10.4. The Hall–Kier alpha value is -0.910. The van der Waals surface area contributed by atoms with Gasteiger partial charge in [-0.25, -0.2) is 4.79 Å². The number of nitrogens with two attached hydrogens (primary N) is 2. The summed E-state index contributed by atoms with van der Waals surface area (Å²) in [5, 5.41) is 2.12. The largest absolute Gasteiger partial charge is 0.368 e. The van der Waals surface area contributed by atoms with Gasteiger partial charge in [0.25, 0.3) is 0 Å². The second-order valence-electron chi connectivity index (χ2n) is 1.65. The number of rotatable bonds is 3. The van der Waals surface area contributed by atoms with Gasteiger partial charge in [-0.15, -0.1) is 0 Å². The van der Waals surface area contributed by atoms with E-state index < -0.39 is 18.0 Å². The van der Waals surface area contributed by atoms with Crippen LogP contribution in [0.1, 0.15) is 0 Å². The van der Waals surface area contributed by atoms with Gasteiger partial charge in [0.15, 0.2) is 0 Å². The van der Waals surface area contributed by atoms with Crippen LogP contribution in [0.25, 0.3) is 0 Å². The van der Waals surface area contributed by atoms with Crippen molar-refractivity contribution in [2.75, 3.05) is 5.75 Å². The van der Waals surface area contributed by atoms with Crippen LogP contribution < -0.4 is 16.8 Å². The first-order valence-electron chi connectivity index (χ1n) is 2.54. The SMILES string of the molecule is NC(=O)NC(CS)C(N)=O. The van der Waals surface area contributed by atoms with Crippen LogP contribution in [0.15, 0.2) is 0 Å². The van der Waals surface area contributed by atoms with Crippen molar-refractivity contribution in [2.24, 2.45) is 11.5 Å². The Bertz CT molecular complexity index is 149. The first kappa shape index (κ1) is 9.09. The summed E-state index contributed by atoms with van der Waals surface area (Å²) in [6.45, 7) is 0. The van der Waals surface area contributed by atoms with Gasteiger partial charge in [-0.05, 0) is 0 Å². The zero-order chi connectivity index (χ0) is 8.15. The maximum Gasteiger partial charge on any atom is 0.312 e. The Labute approximate surface area is 63.5 Å². The van der Waals surface area contributed by atoms with E-state index in [1.165, 1.54) is 0 Å². The smallest absolute Gasteiger partial charge is 0.312 e. The molecule has 0 aliphatic heterocycles. The standard InChI is InChI=1S/C4H9N3O2S/c5-3(8)2(1-10)7-4(6)9/h2,10H,1H2,(H2,5,8)(H3,6,7,9). The minimum Gasteiger partial charge on any atom is -0.368 e. The van der Waals surface area contributed by atoms with Gasteiger partial charge < -0.3 is 16.8 Å². The zero-order valence-corrected chi connectivity index (χ0v) is 6.10. The molecule has 58 valence electrons. The van der Waals surface area contributed by atoms with E-state index in [0.717, 1.165) is 0 Å². The average molecular weight is 163 g/mol. The Kier molecular flexibility index (Phi) is 3.63. The van der Waals surface area contributed by atoms with Crippen molar-refractivity contribution in [2.45, 2.75) is 6.04 Å². The molecule has 0 rings (SSSR count). The number of amides is 3. The first-order valence-corrected chi connectivity index (χ1v) is 3.17. The summed E-state index contributed by atoms with van der Waals surface area (Å²) in [6.07, 6.45) is 0. The summed E-state index contributed by atoms with van der Waals surface area (Å²) in [6, 6.07) is -1.56. The molecule has 5 N–H and O–H groups in total. The number of carbonyl (C=O) groups excluding carboxylic acids is 2. The van der Waals surface area contributed by atoms with Crippen molar-refractivity contribution in [3.05, 3.63) is 0 Å². The van der Waals surface area contributed by atoms with Crippen molar-refractivity contribution < 1.29 is 9.59 Å². The summed E-state index contributed by atoms with van der Waals surface area (Å²) in [4.78, 5) is 20.5. The predicted molar refractivity (Wildman–Crippen MR) is 39.6 cm³/mol. The lowest BCUT2D eigenvalue weighted by Crippen LogP contribution is -2.47. The third-order valence-electron chi connectivity index (χ3n) is 0.843. The fraction of sp³-hybridized carbons (Fsp3) is 0.500. The number of carbonyl (C=O) groups is 2. The lowest BCUT2D eigenvalue weighted by molar-refractivity contribution is -0.119. The molecule has 0 aromatic rings. The number of nitrogens with one attached hydrogen (secondary N) is 1. The third-order valence-corrected chi connectivity index (χ3v) is 1.21. The quantitative estimate of drug-likeness (QED) is 0.378. The molecule has 6 heteroatoms. The van der Waals surface area contributed by atoms with Crippen molar-refractivity contribution in [1.82, 2.24) is 5.32 Å². The van der Waals surface area contributed by atoms with E-state index in [1.54, 1.807) is 0 Å². The number of urea groups is 1. The van der Waals surface area contributed by atoms with Gasteiger partial charge in [0.2, 0.25) is 5.91 Å². The molecule has 0 saturated heterocycles. The van der Waals surface area contributed by atoms with Gasteiger partial charge in [0, 0.05) is 5.75 Å². The van der Waals surface area contributed by atoms with Crippen LogP contribution in [0.2, 0.25) is 0 Å². The average Bonchev–Trinajstić information content (AvgIpc) is 1.81. The highest BCUT2D eigenvalue weighted by Gasteiger charge is 2.13. The highest BCUT2D eigenvalue weighted by atomic mass is 32.1. The lowest BCUT2D eigenvalue weighted by atomic mass is 10.3. The predicted octanol–water partition coefficient (Wildman–Crippen LogP) is -1.56. The number of hydrogen-bond donors (Lipinski definition) is 4. The topological polar surface area (TPSA) is 98.2 Å². The minimum atomic E-state index is -0.780. The molecule has 0 spiro atoms. The van der Waals surface area contributed by atoms with Crippen LogP contribution in [0.5, 0.6) is 0 Å². The van der Waals surface area contributed by atoms with E-state index in [4.69, 9.17) is 11.5 Å². The summed E-state index contributed by atoms with van der Waals surface area (Å²) in [5.74, 6) is -0.494. The second-order valence-corrected chi connectivity index (χ2v) is 2.01. The van der Waals surface area contributed by atoms with Crippen LogP contribution in [0, 0.1) is 0 Å². The molecule has 1 atom stereocenters. The lowest BCUT2D eigenvalue weighted by Gasteiger charge is -2.09. The maximum atomic E-state index is 10.4. The highest BCUT2D eigenvalue weighted by Crippen LogP contribution is 1.84. The van der Waals surface area contributed by atoms with E-state index in [9.17, 15) is 9.59 Å². The highest BCUT2D eigenvalue weighted by molar-refractivity contribution is 7.80. The van der Waals surface area contributed by atoms with Crippen LogP contribution in [0.3, 0.4) is 0 Å². The molecule has 0 aromatic heterocycles. The minimum absolute atomic E-state index is 0.151. The molecule has 0 aliphatic carbocycles. The zero-order valence-electron chi connectivity index (χ0n) is 5.20. The Morgan fingerprint density at radius 3 is 2.10 bits per heavy atom. The molecule has 1 unspecified atom stereocenters. The van der Waals surface area contributed by atoms with Crippen molar-refractivity contribution in [3.8, 4) is 0 Å². The summed E-state index contributed by atoms with van der Waals surface area (Å²) >= 11 is 3.76. The number of hydrogen-bond acceptors (Lipinski definition) is 3. The molecule has 0 bridgehead atoms. The summed E-state index contributed by atoms with van der Waals surface area (Å²) < 4.78 is 0. The monoisotopic (exact) mass is 163 g/mol. The molecule has 0 saturated carbocycles. The van der Waals surface area contributed by atoms with Gasteiger partial charge in [-0.2, -0.15) is 12.6 Å². The van der Waals surface area contributed by atoms with Crippen LogP contribution in [-0.2, 0) is 4.79 Å². The summed E-state index contributed by atoms with van der Waals surface area (Å²) in [7, 11) is 0. The van der Waals surface area contributed by atoms with E-state index >= 15 is 0 Å². The Morgan fingerprint density at radius 1 is 1.50 bits per heavy atom. The Morgan fingerprint density at radius 2 is 2.00 bits per heavy atom. The van der Waals surface area contributed by atoms with Crippen LogP contribution in [0.4, 0.5) is 4.79 Å². The first-order chi connectivity index (χ1) is 4.57. The molecule has 0 heterocycles. The van der Waals surface area contributed by atoms with Gasteiger partial charge in [0.1, 0.15) is 6.04 Å². The van der Waals surface area contributed by atoms with Gasteiger partial charge >= 0.3 is 6.03 Å². The normalized spacial score (nSPS) is 12.1. The molecule has 0 aromatic carbocycles. The van der Waals surface area contributed by atoms with Crippen molar-refractivity contribution >= 4 is 24.6 Å². The second kappa shape index (κ2) is 3.99. The van der Waals surface area contributed by atoms with E-state index in [-0.39, 0.29) is 5.75 Å². The van der Waals surface area contributed by atoms with Crippen LogP contribution >= 0.6 is 12.6 Å². The Balaban J connectivity index is 3.83. The molecule has 5 nitrogen and oxygen atoms in total. The molecular weight excluding hydrogens is 154 g/mol. The number of thiol groups is 1. The van der Waals surface area contributed by atoms with Crippen LogP contribution in [-0.4, -0.2) is 23.7 Å². The fourth-order valence-electron chi connectivity index (χ4n) is 0.378. The van der Waals surface area contributed by atoms with E-state index in [0.29, 0.717) is 0 Å². The fourth-order valence-corrected chi connectivity index (χ4v) is 0.650. The molecule has 3 amide bonds. The summed E-state index contributed by atoms with van der Waals surface area (Å²) in [5.41, 5.74) is 9.55. The van der Waals surface area contributed by atoms with E-state index in [1.807, 2.05) is 0 Å².